The van der Waals surface area contributed by atoms with Gasteiger partial charge in [0.2, 0.25) is 5.75 Å². The zero-order valence-corrected chi connectivity index (χ0v) is 14.8. The van der Waals surface area contributed by atoms with Crippen LogP contribution in [0.5, 0.6) is 11.5 Å². The highest BCUT2D eigenvalue weighted by molar-refractivity contribution is 5.70. The van der Waals surface area contributed by atoms with Gasteiger partial charge in [0, 0.05) is 31.7 Å². The predicted octanol–water partition coefficient (Wildman–Crippen LogP) is 2.43. The number of nitro groups is 1. The molecule has 0 unspecified atom stereocenters. The number of aryl methyl sites for hydroxylation is 1. The van der Waals surface area contributed by atoms with E-state index in [9.17, 15) is 38.7 Å². The molecule has 0 saturated carbocycles. The average molecular weight is 411 g/mol. The summed E-state index contributed by atoms with van der Waals surface area (Å²) in [6.45, 7) is 1.21. The molecular weight excluding hydrogens is 399 g/mol. The second-order valence-corrected chi connectivity index (χ2v) is 6.09. The second-order valence-electron chi connectivity index (χ2n) is 6.09. The third-order valence-electron chi connectivity index (χ3n) is 4.18. The van der Waals surface area contributed by atoms with Crippen LogP contribution in [0.15, 0.2) is 24.4 Å². The smallest absolute Gasteiger partial charge is 0.417 e. The molecule has 2 heterocycles. The molecular formula is C16H12F3N5O5. The number of nitro benzene ring substituents is 1. The molecule has 0 saturated heterocycles. The lowest BCUT2D eigenvalue weighted by Gasteiger charge is -2.13. The monoisotopic (exact) mass is 411 g/mol. The molecule has 0 amide bonds. The molecule has 152 valence electrons. The summed E-state index contributed by atoms with van der Waals surface area (Å²) < 4.78 is 41.7. The summed E-state index contributed by atoms with van der Waals surface area (Å²) >= 11 is 0. The Labute approximate surface area is 159 Å². The molecule has 29 heavy (non-hydrogen) atoms. The van der Waals surface area contributed by atoms with Crippen LogP contribution in [0, 0.1) is 22.2 Å². The topological polar surface area (TPSA) is 141 Å². The van der Waals surface area contributed by atoms with Crippen LogP contribution >= 0.6 is 0 Å². The fourth-order valence-corrected chi connectivity index (χ4v) is 2.74. The molecule has 2 N–H and O–H groups in total. The summed E-state index contributed by atoms with van der Waals surface area (Å²) in [5, 5.41) is 49.6. The SMILES string of the molecule is Cc1cc(C(F)(F)F)c(-c2nnc(-c3cc(O)c(O)c([N+](=O)[O-])c3)n2C)c[n+]1[O-]. The van der Waals surface area contributed by atoms with Gasteiger partial charge in [0.25, 0.3) is 0 Å². The van der Waals surface area contributed by atoms with Gasteiger partial charge < -0.3 is 20.0 Å². The van der Waals surface area contributed by atoms with Gasteiger partial charge in [-0.25, -0.2) is 0 Å². The fraction of sp³-hybridized carbons (Fsp3) is 0.188. The van der Waals surface area contributed by atoms with E-state index in [1.807, 2.05) is 0 Å². The zero-order valence-electron chi connectivity index (χ0n) is 14.8. The quantitative estimate of drug-likeness (QED) is 0.222. The van der Waals surface area contributed by atoms with Crippen molar-refractivity contribution in [2.24, 2.45) is 7.05 Å². The van der Waals surface area contributed by atoms with Crippen molar-refractivity contribution >= 4 is 5.69 Å². The van der Waals surface area contributed by atoms with E-state index >= 15 is 0 Å². The number of rotatable bonds is 3. The number of phenols is 2. The van der Waals surface area contributed by atoms with Crippen molar-refractivity contribution < 1.29 is 33.0 Å². The van der Waals surface area contributed by atoms with Crippen LogP contribution in [0.1, 0.15) is 11.3 Å². The first-order valence-corrected chi connectivity index (χ1v) is 7.83. The molecule has 0 atom stereocenters. The van der Waals surface area contributed by atoms with Crippen LogP contribution < -0.4 is 4.73 Å². The van der Waals surface area contributed by atoms with Gasteiger partial charge in [0.15, 0.2) is 29.3 Å². The summed E-state index contributed by atoms with van der Waals surface area (Å²) in [5.74, 6) is -2.24. The first-order valence-electron chi connectivity index (χ1n) is 7.83. The van der Waals surface area contributed by atoms with Crippen molar-refractivity contribution in [3.8, 4) is 34.3 Å². The largest absolute Gasteiger partial charge is 0.618 e. The van der Waals surface area contributed by atoms with Crippen LogP contribution in [-0.4, -0.2) is 29.9 Å². The standard InChI is InChI=1S/C16H12F3N5O5/c1-7-3-10(16(17,18)19)9(6-23(7)27)15-21-20-14(22(15)2)8-4-11(24(28)29)13(26)12(25)5-8/h3-6,25-26H,1-2H3. The van der Waals surface area contributed by atoms with Gasteiger partial charge >= 0.3 is 11.9 Å². The lowest BCUT2D eigenvalue weighted by molar-refractivity contribution is -0.612. The zero-order chi connectivity index (χ0) is 21.7. The molecule has 0 aliphatic rings. The van der Waals surface area contributed by atoms with Crippen molar-refractivity contribution in [1.82, 2.24) is 14.8 Å². The Kier molecular flexibility index (Phi) is 4.53. The van der Waals surface area contributed by atoms with E-state index in [2.05, 4.69) is 10.2 Å². The van der Waals surface area contributed by atoms with Crippen molar-refractivity contribution in [2.75, 3.05) is 0 Å². The fourth-order valence-electron chi connectivity index (χ4n) is 2.74. The first kappa shape index (κ1) is 19.9. The Morgan fingerprint density at radius 2 is 1.79 bits per heavy atom. The number of aromatic nitrogens is 4. The normalized spacial score (nSPS) is 11.6. The number of phenolic OH excluding ortho intramolecular Hbond substituents is 2. The van der Waals surface area contributed by atoms with E-state index in [-0.39, 0.29) is 27.6 Å². The van der Waals surface area contributed by atoms with E-state index < -0.39 is 39.4 Å². The molecule has 3 aromatic rings. The van der Waals surface area contributed by atoms with Gasteiger partial charge in [-0.1, -0.05) is 0 Å². The van der Waals surface area contributed by atoms with Gasteiger partial charge in [0.1, 0.15) is 0 Å². The number of alkyl halides is 3. The number of pyridine rings is 1. The number of halogens is 3. The van der Waals surface area contributed by atoms with Crippen molar-refractivity contribution in [3.63, 3.8) is 0 Å². The highest BCUT2D eigenvalue weighted by Crippen LogP contribution is 2.40. The van der Waals surface area contributed by atoms with E-state index in [0.717, 1.165) is 16.7 Å². The minimum atomic E-state index is -4.78. The van der Waals surface area contributed by atoms with E-state index in [1.165, 1.54) is 14.0 Å². The summed E-state index contributed by atoms with van der Waals surface area (Å²) in [6, 6.07) is 2.51. The summed E-state index contributed by atoms with van der Waals surface area (Å²) in [7, 11) is 1.29. The number of hydrogen-bond donors (Lipinski definition) is 2. The van der Waals surface area contributed by atoms with Gasteiger partial charge in [-0.3, -0.25) is 10.1 Å². The molecule has 1 aromatic carbocycles. The third kappa shape index (κ3) is 3.37. The molecule has 0 fully saturated rings. The average Bonchev–Trinajstić information content (AvgIpc) is 2.99. The first-order chi connectivity index (χ1) is 13.4. The third-order valence-corrected chi connectivity index (χ3v) is 4.18. The molecule has 13 heteroatoms. The molecule has 0 radical (unpaired) electrons. The van der Waals surface area contributed by atoms with Crippen molar-refractivity contribution in [3.05, 3.63) is 51.0 Å². The molecule has 3 rings (SSSR count). The molecule has 10 nitrogen and oxygen atoms in total. The van der Waals surface area contributed by atoms with E-state index in [4.69, 9.17) is 0 Å². The van der Waals surface area contributed by atoms with Gasteiger partial charge in [0.05, 0.1) is 16.1 Å². The highest BCUT2D eigenvalue weighted by atomic mass is 19.4. The van der Waals surface area contributed by atoms with Gasteiger partial charge in [-0.15, -0.1) is 10.2 Å². The molecule has 0 aliphatic heterocycles. The van der Waals surface area contributed by atoms with Crippen LogP contribution in [0.2, 0.25) is 0 Å². The van der Waals surface area contributed by atoms with Crippen LogP contribution in [-0.2, 0) is 13.2 Å². The van der Waals surface area contributed by atoms with Crippen LogP contribution in [0.4, 0.5) is 18.9 Å². The number of nitrogens with zero attached hydrogens (tertiary/aromatic N) is 5. The van der Waals surface area contributed by atoms with Crippen LogP contribution in [0.25, 0.3) is 22.8 Å². The van der Waals surface area contributed by atoms with E-state index in [0.29, 0.717) is 12.3 Å². The Morgan fingerprint density at radius 3 is 2.38 bits per heavy atom. The maximum atomic E-state index is 13.4. The Bertz CT molecular complexity index is 1140. The summed E-state index contributed by atoms with van der Waals surface area (Å²) in [5.41, 5.74) is -2.74. The van der Waals surface area contributed by atoms with Gasteiger partial charge in [-0.2, -0.15) is 17.9 Å². The van der Waals surface area contributed by atoms with Crippen molar-refractivity contribution in [2.45, 2.75) is 13.1 Å². The maximum absolute atomic E-state index is 13.4. The lowest BCUT2D eigenvalue weighted by atomic mass is 10.1. The predicted molar refractivity (Wildman–Crippen MR) is 90.6 cm³/mol. The summed E-state index contributed by atoms with van der Waals surface area (Å²) in [4.78, 5) is 10.1. The Morgan fingerprint density at radius 1 is 1.17 bits per heavy atom. The minimum absolute atomic E-state index is 0.0797. The minimum Gasteiger partial charge on any atom is -0.618 e. The van der Waals surface area contributed by atoms with Crippen LogP contribution in [0.3, 0.4) is 0 Å². The number of aromatic hydroxyl groups is 2. The number of benzene rings is 1. The van der Waals surface area contributed by atoms with Gasteiger partial charge in [-0.05, 0) is 6.07 Å². The Hall–Kier alpha value is -3.90. The maximum Gasteiger partial charge on any atom is 0.417 e. The molecule has 0 spiro atoms. The molecule has 0 bridgehead atoms. The van der Waals surface area contributed by atoms with E-state index in [1.54, 1.807) is 0 Å². The molecule has 2 aromatic heterocycles. The highest BCUT2D eigenvalue weighted by Gasteiger charge is 2.37. The lowest BCUT2D eigenvalue weighted by Crippen LogP contribution is -2.31. The number of hydrogen-bond acceptors (Lipinski definition) is 7. The molecule has 0 aliphatic carbocycles. The second kappa shape index (κ2) is 6.61. The Balaban J connectivity index is 2.23. The summed E-state index contributed by atoms with van der Waals surface area (Å²) in [6.07, 6.45) is -4.07. The van der Waals surface area contributed by atoms with Crippen molar-refractivity contribution in [1.29, 1.82) is 0 Å².